The van der Waals surface area contributed by atoms with E-state index in [4.69, 9.17) is 11.6 Å². The van der Waals surface area contributed by atoms with Gasteiger partial charge in [-0.15, -0.1) is 0 Å². The zero-order valence-corrected chi connectivity index (χ0v) is 13.4. The van der Waals surface area contributed by atoms with E-state index in [0.29, 0.717) is 6.42 Å². The number of hydrogen-bond donors (Lipinski definition) is 2. The molecule has 20 heavy (non-hydrogen) atoms. The summed E-state index contributed by atoms with van der Waals surface area (Å²) in [6.45, 7) is 9.71. The molecule has 110 valence electrons. The standard InChI is InChI=1S/C16H23ClN2O/c1-5-6-18-15(16(2,3)4)11-7-10-8-14(20)19-13(10)9-12(11)17/h7,9,15,18H,5-6,8H2,1-4H3,(H,19,20). The highest BCUT2D eigenvalue weighted by atomic mass is 35.5. The topological polar surface area (TPSA) is 41.1 Å². The Morgan fingerprint density at radius 2 is 2.10 bits per heavy atom. The molecule has 0 saturated carbocycles. The summed E-state index contributed by atoms with van der Waals surface area (Å²) in [6, 6.07) is 4.13. The lowest BCUT2D eigenvalue weighted by molar-refractivity contribution is -0.115. The number of hydrogen-bond acceptors (Lipinski definition) is 2. The summed E-state index contributed by atoms with van der Waals surface area (Å²) in [4.78, 5) is 11.5. The Morgan fingerprint density at radius 1 is 1.40 bits per heavy atom. The maximum Gasteiger partial charge on any atom is 0.228 e. The summed E-state index contributed by atoms with van der Waals surface area (Å²) >= 11 is 6.44. The highest BCUT2D eigenvalue weighted by Crippen LogP contribution is 2.39. The number of anilines is 1. The molecule has 1 unspecified atom stereocenters. The van der Waals surface area contributed by atoms with E-state index in [9.17, 15) is 4.79 Å². The van der Waals surface area contributed by atoms with Crippen LogP contribution >= 0.6 is 11.6 Å². The van der Waals surface area contributed by atoms with Crippen LogP contribution in [0.2, 0.25) is 5.02 Å². The van der Waals surface area contributed by atoms with Gasteiger partial charge in [0.1, 0.15) is 0 Å². The number of amides is 1. The Morgan fingerprint density at radius 3 is 2.70 bits per heavy atom. The molecule has 1 atom stereocenters. The van der Waals surface area contributed by atoms with Crippen molar-refractivity contribution in [1.82, 2.24) is 5.32 Å². The van der Waals surface area contributed by atoms with E-state index in [-0.39, 0.29) is 17.4 Å². The molecule has 1 heterocycles. The predicted molar refractivity (Wildman–Crippen MR) is 84.3 cm³/mol. The molecule has 0 spiro atoms. The molecule has 1 aliphatic heterocycles. The van der Waals surface area contributed by atoms with Crippen molar-refractivity contribution in [3.63, 3.8) is 0 Å². The van der Waals surface area contributed by atoms with Crippen molar-refractivity contribution in [3.8, 4) is 0 Å². The molecule has 1 aromatic carbocycles. The fraction of sp³-hybridized carbons (Fsp3) is 0.562. The molecular formula is C16H23ClN2O. The Bertz CT molecular complexity index is 520. The second-order valence-electron chi connectivity index (χ2n) is 6.51. The molecule has 0 bridgehead atoms. The van der Waals surface area contributed by atoms with Crippen LogP contribution in [0.5, 0.6) is 0 Å². The fourth-order valence-corrected chi connectivity index (χ4v) is 2.93. The van der Waals surface area contributed by atoms with Crippen molar-refractivity contribution in [3.05, 3.63) is 28.3 Å². The summed E-state index contributed by atoms with van der Waals surface area (Å²) < 4.78 is 0. The Hall–Kier alpha value is -1.06. The van der Waals surface area contributed by atoms with Gasteiger partial charge in [-0.05, 0) is 35.6 Å². The van der Waals surface area contributed by atoms with Gasteiger partial charge in [0.25, 0.3) is 0 Å². The minimum absolute atomic E-state index is 0.0436. The first-order valence-corrected chi connectivity index (χ1v) is 7.56. The molecule has 1 aromatic rings. The van der Waals surface area contributed by atoms with Crippen molar-refractivity contribution in [1.29, 1.82) is 0 Å². The monoisotopic (exact) mass is 294 g/mol. The van der Waals surface area contributed by atoms with E-state index in [1.165, 1.54) is 0 Å². The van der Waals surface area contributed by atoms with E-state index < -0.39 is 0 Å². The lowest BCUT2D eigenvalue weighted by Crippen LogP contribution is -2.33. The molecule has 4 heteroatoms. The van der Waals surface area contributed by atoms with Gasteiger partial charge in [-0.3, -0.25) is 4.79 Å². The van der Waals surface area contributed by atoms with Crippen LogP contribution < -0.4 is 10.6 Å². The van der Waals surface area contributed by atoms with Crippen LogP contribution in [-0.4, -0.2) is 12.5 Å². The maximum atomic E-state index is 11.5. The molecule has 1 aliphatic rings. The second-order valence-corrected chi connectivity index (χ2v) is 6.92. The third-order valence-electron chi connectivity index (χ3n) is 3.62. The van der Waals surface area contributed by atoms with E-state index in [1.807, 2.05) is 6.07 Å². The lowest BCUT2D eigenvalue weighted by atomic mass is 9.81. The largest absolute Gasteiger partial charge is 0.325 e. The van der Waals surface area contributed by atoms with Crippen molar-refractivity contribution >= 4 is 23.2 Å². The SMILES string of the molecule is CCCNC(c1cc2c(cc1Cl)NC(=O)C2)C(C)(C)C. The maximum absolute atomic E-state index is 11.5. The van der Waals surface area contributed by atoms with Gasteiger partial charge < -0.3 is 10.6 Å². The Balaban J connectivity index is 2.39. The molecule has 0 aromatic heterocycles. The molecule has 1 amide bonds. The van der Waals surface area contributed by atoms with E-state index >= 15 is 0 Å². The number of carbonyl (C=O) groups excluding carboxylic acids is 1. The summed E-state index contributed by atoms with van der Waals surface area (Å²) in [6.07, 6.45) is 1.53. The average molecular weight is 295 g/mol. The van der Waals surface area contributed by atoms with Gasteiger partial charge in [0, 0.05) is 16.8 Å². The Labute approximate surface area is 126 Å². The van der Waals surface area contributed by atoms with Crippen LogP contribution in [0.1, 0.15) is 51.3 Å². The van der Waals surface area contributed by atoms with Crippen LogP contribution in [-0.2, 0) is 11.2 Å². The summed E-state index contributed by atoms with van der Waals surface area (Å²) in [7, 11) is 0. The highest BCUT2D eigenvalue weighted by Gasteiger charge is 2.29. The third kappa shape index (κ3) is 3.15. The molecule has 0 radical (unpaired) electrons. The van der Waals surface area contributed by atoms with Gasteiger partial charge in [-0.2, -0.15) is 0 Å². The van der Waals surface area contributed by atoms with Crippen LogP contribution in [0, 0.1) is 5.41 Å². The number of fused-ring (bicyclic) bond motifs is 1. The smallest absolute Gasteiger partial charge is 0.228 e. The van der Waals surface area contributed by atoms with Gasteiger partial charge in [-0.25, -0.2) is 0 Å². The third-order valence-corrected chi connectivity index (χ3v) is 3.95. The lowest BCUT2D eigenvalue weighted by Gasteiger charge is -2.33. The summed E-state index contributed by atoms with van der Waals surface area (Å²) in [5.41, 5.74) is 3.04. The van der Waals surface area contributed by atoms with Crippen molar-refractivity contribution < 1.29 is 4.79 Å². The van der Waals surface area contributed by atoms with Gasteiger partial charge >= 0.3 is 0 Å². The van der Waals surface area contributed by atoms with E-state index in [0.717, 1.165) is 34.8 Å². The van der Waals surface area contributed by atoms with Gasteiger partial charge in [-0.1, -0.05) is 45.4 Å². The molecule has 3 nitrogen and oxygen atoms in total. The minimum atomic E-state index is 0.0436. The van der Waals surface area contributed by atoms with Crippen LogP contribution in [0.3, 0.4) is 0 Å². The van der Waals surface area contributed by atoms with E-state index in [2.05, 4.69) is 44.4 Å². The van der Waals surface area contributed by atoms with Gasteiger partial charge in [0.05, 0.1) is 6.42 Å². The molecule has 0 fully saturated rings. The molecular weight excluding hydrogens is 272 g/mol. The first-order chi connectivity index (χ1) is 9.32. The normalized spacial score (nSPS) is 15.9. The highest BCUT2D eigenvalue weighted by molar-refractivity contribution is 6.32. The second kappa shape index (κ2) is 5.74. The molecule has 0 aliphatic carbocycles. The number of halogens is 1. The minimum Gasteiger partial charge on any atom is -0.325 e. The van der Waals surface area contributed by atoms with E-state index in [1.54, 1.807) is 0 Å². The molecule has 2 N–H and O–H groups in total. The first kappa shape index (κ1) is 15.3. The van der Waals surface area contributed by atoms with Crippen molar-refractivity contribution in [2.45, 2.75) is 46.6 Å². The van der Waals surface area contributed by atoms with Crippen molar-refractivity contribution in [2.75, 3.05) is 11.9 Å². The van der Waals surface area contributed by atoms with Crippen LogP contribution in [0.25, 0.3) is 0 Å². The quantitative estimate of drug-likeness (QED) is 0.883. The Kier molecular flexibility index (Phi) is 4.40. The molecule has 0 saturated heterocycles. The van der Waals surface area contributed by atoms with Crippen LogP contribution in [0.4, 0.5) is 5.69 Å². The van der Waals surface area contributed by atoms with Gasteiger partial charge in [0.15, 0.2) is 0 Å². The van der Waals surface area contributed by atoms with Crippen LogP contribution in [0.15, 0.2) is 12.1 Å². The zero-order valence-electron chi connectivity index (χ0n) is 12.6. The predicted octanol–water partition coefficient (Wildman–Crippen LogP) is 3.92. The van der Waals surface area contributed by atoms with Crippen molar-refractivity contribution in [2.24, 2.45) is 5.41 Å². The number of nitrogens with one attached hydrogen (secondary N) is 2. The zero-order chi connectivity index (χ0) is 14.9. The summed E-state index contributed by atoms with van der Waals surface area (Å²) in [5, 5.41) is 7.14. The molecule has 2 rings (SSSR count). The number of carbonyl (C=O) groups is 1. The van der Waals surface area contributed by atoms with Gasteiger partial charge in [0.2, 0.25) is 5.91 Å². The first-order valence-electron chi connectivity index (χ1n) is 7.18. The number of rotatable bonds is 4. The average Bonchev–Trinajstić information content (AvgIpc) is 2.67. The fourth-order valence-electron chi connectivity index (χ4n) is 2.66. The summed E-state index contributed by atoms with van der Waals surface area (Å²) in [5.74, 6) is 0.0436. The number of benzene rings is 1.